The molecule has 0 radical (unpaired) electrons. The van der Waals surface area contributed by atoms with Gasteiger partial charge in [-0.2, -0.15) is 0 Å². The van der Waals surface area contributed by atoms with Gasteiger partial charge >= 0.3 is 0 Å². The largest absolute Gasteiger partial charge is 0.289 e. The first kappa shape index (κ1) is 29.8. The van der Waals surface area contributed by atoms with E-state index in [-0.39, 0.29) is 23.1 Å². The predicted molar refractivity (Wildman–Crippen MR) is 196 cm³/mol. The quantitative estimate of drug-likeness (QED) is 0.187. The average Bonchev–Trinajstić information content (AvgIpc) is 3.87. The molecule has 0 atom stereocenters. The summed E-state index contributed by atoms with van der Waals surface area (Å²) in [5, 5.41) is 0. The Morgan fingerprint density at radius 1 is 0.408 bits per heavy atom. The first-order valence-electron chi connectivity index (χ1n) is 16.4. The SMILES string of the molecule is Cc1sc(-c2ccc3c(c2)C(=O)c2ccccc2C3=O)cc1C1=C(c2cc(-c3ccc4c(c3)C(=O)c3ccccc3C4=O)sc2C)CCC1. The van der Waals surface area contributed by atoms with Gasteiger partial charge in [0.2, 0.25) is 0 Å². The molecular formula is C43H28O4S2. The van der Waals surface area contributed by atoms with Crippen molar-refractivity contribution in [3.8, 4) is 20.9 Å². The van der Waals surface area contributed by atoms with E-state index in [0.29, 0.717) is 44.5 Å². The number of rotatable bonds is 4. The van der Waals surface area contributed by atoms with Gasteiger partial charge in [0.25, 0.3) is 0 Å². The monoisotopic (exact) mass is 672 g/mol. The zero-order valence-corrected chi connectivity index (χ0v) is 28.4. The number of carbonyl (C=O) groups excluding carboxylic acids is 4. The first-order chi connectivity index (χ1) is 23.8. The zero-order chi connectivity index (χ0) is 33.6. The number of benzene rings is 4. The van der Waals surface area contributed by atoms with Crippen LogP contribution in [0.2, 0.25) is 0 Å². The second-order valence-corrected chi connectivity index (χ2v) is 15.4. The lowest BCUT2D eigenvalue weighted by Gasteiger charge is -2.17. The molecule has 0 amide bonds. The molecule has 4 aromatic carbocycles. The van der Waals surface area contributed by atoms with Crippen molar-refractivity contribution in [1.29, 1.82) is 0 Å². The second-order valence-electron chi connectivity index (χ2n) is 12.9. The molecular weight excluding hydrogens is 645 g/mol. The van der Waals surface area contributed by atoms with Gasteiger partial charge in [0.1, 0.15) is 0 Å². The summed E-state index contributed by atoms with van der Waals surface area (Å²) in [6.07, 6.45) is 3.04. The van der Waals surface area contributed by atoms with Gasteiger partial charge in [-0.25, -0.2) is 0 Å². The maximum absolute atomic E-state index is 13.4. The van der Waals surface area contributed by atoms with Gasteiger partial charge < -0.3 is 0 Å². The molecule has 0 fully saturated rings. The van der Waals surface area contributed by atoms with E-state index in [9.17, 15) is 19.2 Å². The highest BCUT2D eigenvalue weighted by Gasteiger charge is 2.32. The number of hydrogen-bond donors (Lipinski definition) is 0. The Balaban J connectivity index is 1.06. The van der Waals surface area contributed by atoms with E-state index < -0.39 is 0 Å². The number of thiophene rings is 2. The van der Waals surface area contributed by atoms with Crippen molar-refractivity contribution in [3.05, 3.63) is 162 Å². The molecule has 236 valence electrons. The summed E-state index contributed by atoms with van der Waals surface area (Å²) < 4.78 is 0. The molecule has 9 rings (SSSR count). The molecule has 0 spiro atoms. The Morgan fingerprint density at radius 2 is 0.755 bits per heavy atom. The molecule has 0 N–H and O–H groups in total. The molecule has 6 heteroatoms. The van der Waals surface area contributed by atoms with Gasteiger partial charge in [0, 0.05) is 64.0 Å². The Hall–Kier alpha value is -5.30. The van der Waals surface area contributed by atoms with Crippen molar-refractivity contribution in [2.75, 3.05) is 0 Å². The highest BCUT2D eigenvalue weighted by atomic mass is 32.1. The number of carbonyl (C=O) groups is 4. The van der Waals surface area contributed by atoms with Crippen LogP contribution in [0.1, 0.15) is 104 Å². The maximum atomic E-state index is 13.4. The summed E-state index contributed by atoms with van der Waals surface area (Å²) in [5.74, 6) is -0.423. The molecule has 3 aliphatic rings. The van der Waals surface area contributed by atoms with Crippen molar-refractivity contribution in [3.63, 3.8) is 0 Å². The van der Waals surface area contributed by atoms with E-state index in [4.69, 9.17) is 0 Å². The lowest BCUT2D eigenvalue weighted by molar-refractivity contribution is 0.0979. The number of hydrogen-bond acceptors (Lipinski definition) is 6. The van der Waals surface area contributed by atoms with Crippen LogP contribution in [0.5, 0.6) is 0 Å². The Bertz CT molecular complexity index is 2350. The first-order valence-corrected chi connectivity index (χ1v) is 18.0. The van der Waals surface area contributed by atoms with Crippen LogP contribution in [-0.2, 0) is 0 Å². The normalized spacial score (nSPS) is 15.0. The second kappa shape index (κ2) is 11.1. The van der Waals surface area contributed by atoms with E-state index in [0.717, 1.165) is 40.1 Å². The summed E-state index contributed by atoms with van der Waals surface area (Å²) >= 11 is 3.43. The van der Waals surface area contributed by atoms with Crippen LogP contribution in [0.25, 0.3) is 32.0 Å². The predicted octanol–water partition coefficient (Wildman–Crippen LogP) is 10.4. The Labute approximate surface area is 291 Å². The number of ketones is 4. The van der Waals surface area contributed by atoms with Crippen molar-refractivity contribution in [2.45, 2.75) is 33.1 Å². The minimum atomic E-state index is -0.107. The van der Waals surface area contributed by atoms with E-state index in [1.807, 2.05) is 24.3 Å². The average molecular weight is 673 g/mol. The van der Waals surface area contributed by atoms with Gasteiger partial charge in [-0.1, -0.05) is 60.7 Å². The smallest absolute Gasteiger partial charge is 0.194 e. The maximum Gasteiger partial charge on any atom is 0.194 e. The molecule has 0 bridgehead atoms. The number of allylic oxidation sites excluding steroid dienone is 2. The molecule has 6 aromatic rings. The zero-order valence-electron chi connectivity index (χ0n) is 26.8. The Kier molecular flexibility index (Phi) is 6.77. The summed E-state index contributed by atoms with van der Waals surface area (Å²) in [5.41, 5.74) is 10.8. The van der Waals surface area contributed by atoms with Crippen LogP contribution in [-0.4, -0.2) is 23.1 Å². The summed E-state index contributed by atoms with van der Waals surface area (Å²) in [6, 6.07) is 29.9. The van der Waals surface area contributed by atoms with Gasteiger partial charge in [0.15, 0.2) is 23.1 Å². The molecule has 4 nitrogen and oxygen atoms in total. The van der Waals surface area contributed by atoms with Gasteiger partial charge in [-0.15, -0.1) is 22.7 Å². The van der Waals surface area contributed by atoms with Crippen molar-refractivity contribution < 1.29 is 19.2 Å². The van der Waals surface area contributed by atoms with Crippen LogP contribution >= 0.6 is 22.7 Å². The third-order valence-corrected chi connectivity index (χ3v) is 12.3. The molecule has 2 heterocycles. The standard InChI is InChI=1S/C43H28O4S2/c1-22-34(20-38(48-22)24-14-16-32-36(18-24)42(46)30-10-5-3-8-28(30)40(32)44)26-12-7-13-27(26)35-21-39(49-23(35)2)25-15-17-33-37(19-25)43(47)31-11-6-4-9-29(31)41(33)45/h3-6,8-11,14-21H,7,12-13H2,1-2H3. The van der Waals surface area contributed by atoms with Crippen LogP contribution < -0.4 is 0 Å². The van der Waals surface area contributed by atoms with Crippen molar-refractivity contribution in [2.24, 2.45) is 0 Å². The van der Waals surface area contributed by atoms with E-state index in [1.165, 1.54) is 32.0 Å². The molecule has 0 saturated carbocycles. The van der Waals surface area contributed by atoms with Crippen molar-refractivity contribution in [1.82, 2.24) is 0 Å². The molecule has 49 heavy (non-hydrogen) atoms. The van der Waals surface area contributed by atoms with Crippen LogP contribution in [0.4, 0.5) is 0 Å². The molecule has 2 aromatic heterocycles. The van der Waals surface area contributed by atoms with Crippen LogP contribution in [0.3, 0.4) is 0 Å². The van der Waals surface area contributed by atoms with Gasteiger partial charge in [-0.05, 0) is 103 Å². The number of aryl methyl sites for hydroxylation is 2. The summed E-state index contributed by atoms with van der Waals surface area (Å²) in [7, 11) is 0. The third-order valence-electron chi connectivity index (χ3n) is 10.1. The van der Waals surface area contributed by atoms with E-state index in [2.05, 4.69) is 26.0 Å². The van der Waals surface area contributed by atoms with Crippen LogP contribution in [0, 0.1) is 13.8 Å². The highest BCUT2D eigenvalue weighted by Crippen LogP contribution is 2.48. The topological polar surface area (TPSA) is 68.3 Å². The third kappa shape index (κ3) is 4.55. The van der Waals surface area contributed by atoms with E-state index in [1.54, 1.807) is 83.3 Å². The van der Waals surface area contributed by atoms with Gasteiger partial charge in [-0.3, -0.25) is 19.2 Å². The molecule has 0 unspecified atom stereocenters. The fourth-order valence-electron chi connectivity index (χ4n) is 7.69. The van der Waals surface area contributed by atoms with Crippen LogP contribution in [0.15, 0.2) is 97.1 Å². The lowest BCUT2D eigenvalue weighted by Crippen LogP contribution is -2.20. The minimum absolute atomic E-state index is 0.105. The summed E-state index contributed by atoms with van der Waals surface area (Å²) in [4.78, 5) is 57.8. The lowest BCUT2D eigenvalue weighted by atomic mass is 9.83. The van der Waals surface area contributed by atoms with Crippen molar-refractivity contribution >= 4 is 57.0 Å². The molecule has 0 saturated heterocycles. The molecule has 0 aliphatic heterocycles. The fraction of sp³-hybridized carbons (Fsp3) is 0.116. The highest BCUT2D eigenvalue weighted by molar-refractivity contribution is 7.16. The minimum Gasteiger partial charge on any atom is -0.289 e. The number of fused-ring (bicyclic) bond motifs is 4. The van der Waals surface area contributed by atoms with Gasteiger partial charge in [0.05, 0.1) is 0 Å². The Morgan fingerprint density at radius 3 is 1.14 bits per heavy atom. The van der Waals surface area contributed by atoms with E-state index >= 15 is 0 Å². The summed E-state index contributed by atoms with van der Waals surface area (Å²) in [6.45, 7) is 4.32. The molecule has 3 aliphatic carbocycles. The fourth-order valence-corrected chi connectivity index (χ4v) is 9.78.